The molecule has 0 radical (unpaired) electrons. The van der Waals surface area contributed by atoms with Gasteiger partial charge in [-0.3, -0.25) is 9.48 Å². The van der Waals surface area contributed by atoms with Crippen LogP contribution in [0.4, 0.5) is 0 Å². The van der Waals surface area contributed by atoms with Gasteiger partial charge in [0.2, 0.25) is 5.91 Å². The Balaban J connectivity index is 1.52. The van der Waals surface area contributed by atoms with Crippen molar-refractivity contribution in [3.63, 3.8) is 0 Å². The summed E-state index contributed by atoms with van der Waals surface area (Å²) >= 11 is 0. The number of aromatic nitrogens is 3. The Labute approximate surface area is 205 Å². The number of primary amides is 1. The number of hydrogen-bond donors (Lipinski definition) is 1. The van der Waals surface area contributed by atoms with Gasteiger partial charge < -0.3 is 15.4 Å². The van der Waals surface area contributed by atoms with E-state index in [1.165, 1.54) is 6.42 Å². The van der Waals surface area contributed by atoms with Crippen molar-refractivity contribution in [3.05, 3.63) is 77.5 Å². The monoisotopic (exact) mass is 469 g/mol. The van der Waals surface area contributed by atoms with Crippen LogP contribution in [-0.2, 0) is 7.05 Å². The van der Waals surface area contributed by atoms with Crippen LogP contribution < -0.4 is 10.5 Å². The summed E-state index contributed by atoms with van der Waals surface area (Å²) in [6.07, 6.45) is 4.22. The fraction of sp³-hybridized carbons (Fsp3) is 0.321. The molecule has 4 aromatic rings. The number of rotatable bonds is 7. The minimum Gasteiger partial charge on any atom is -0.492 e. The Morgan fingerprint density at radius 1 is 1.11 bits per heavy atom. The average Bonchev–Trinajstić information content (AvgIpc) is 3.49. The first-order valence-electron chi connectivity index (χ1n) is 12.1. The van der Waals surface area contributed by atoms with E-state index in [4.69, 9.17) is 15.5 Å². The van der Waals surface area contributed by atoms with E-state index in [0.29, 0.717) is 24.0 Å². The Kier molecular flexibility index (Phi) is 6.26. The van der Waals surface area contributed by atoms with Crippen LogP contribution in [0.3, 0.4) is 0 Å². The van der Waals surface area contributed by atoms with Crippen LogP contribution in [0.5, 0.6) is 5.75 Å². The van der Waals surface area contributed by atoms with Crippen LogP contribution >= 0.6 is 0 Å². The summed E-state index contributed by atoms with van der Waals surface area (Å²) in [5.74, 6) is 0.116. The summed E-state index contributed by atoms with van der Waals surface area (Å²) in [5, 5.41) is 5.58. The number of ether oxygens (including phenoxy) is 1. The zero-order chi connectivity index (χ0) is 24.5. The molecule has 0 spiro atoms. The van der Waals surface area contributed by atoms with E-state index in [0.717, 1.165) is 46.4 Å². The maximum atomic E-state index is 12.5. The van der Waals surface area contributed by atoms with E-state index in [-0.39, 0.29) is 5.92 Å². The molecule has 0 saturated carbocycles. The Bertz CT molecular complexity index is 1380. The number of benzene rings is 2. The normalized spacial score (nSPS) is 17.1. The summed E-state index contributed by atoms with van der Waals surface area (Å²) in [6, 6.07) is 18.2. The fourth-order valence-corrected chi connectivity index (χ4v) is 5.01. The molecule has 7 nitrogen and oxygen atoms in total. The standard InChI is InChI=1S/C28H31N5O2/c1-18(21-11-10-20(15-24(21)28(29)34)35-17-19-7-6-13-32(19)2)23-16-27(26-12-14-33(3)31-26)30-25-9-5-4-8-22(23)25/h4-5,8-12,14-16,18-19H,6-7,13,17H2,1-3H3,(H2,29,34)/t18-,19-/m0/s1. The first-order valence-corrected chi connectivity index (χ1v) is 12.1. The van der Waals surface area contributed by atoms with Gasteiger partial charge in [0.05, 0.1) is 11.2 Å². The van der Waals surface area contributed by atoms with E-state index < -0.39 is 5.91 Å². The number of fused-ring (bicyclic) bond motifs is 1. The SMILES string of the molecule is C[C@@H](c1ccc(OC[C@@H]2CCCN2C)cc1C(N)=O)c1cc(-c2ccn(C)n2)nc2ccccc12. The summed E-state index contributed by atoms with van der Waals surface area (Å²) in [7, 11) is 4.01. The highest BCUT2D eigenvalue weighted by Crippen LogP contribution is 2.35. The molecule has 1 aliphatic heterocycles. The van der Waals surface area contributed by atoms with Gasteiger partial charge in [-0.1, -0.05) is 31.2 Å². The van der Waals surface area contributed by atoms with Crippen molar-refractivity contribution in [2.24, 2.45) is 12.8 Å². The third kappa shape index (κ3) is 4.64. The van der Waals surface area contributed by atoms with E-state index in [9.17, 15) is 4.79 Å². The molecule has 2 atom stereocenters. The van der Waals surface area contributed by atoms with Crippen molar-refractivity contribution < 1.29 is 9.53 Å². The highest BCUT2D eigenvalue weighted by Gasteiger charge is 2.23. The average molecular weight is 470 g/mol. The second-order valence-corrected chi connectivity index (χ2v) is 9.41. The molecule has 2 N–H and O–H groups in total. The maximum absolute atomic E-state index is 12.5. The number of carbonyl (C=O) groups excluding carboxylic acids is 1. The number of carbonyl (C=O) groups is 1. The second kappa shape index (κ2) is 9.50. The number of likely N-dealkylation sites (N-methyl/N-ethyl adjacent to an activating group) is 1. The van der Waals surface area contributed by atoms with Crippen LogP contribution in [0.15, 0.2) is 60.8 Å². The predicted octanol–water partition coefficient (Wildman–Crippen LogP) is 4.36. The zero-order valence-corrected chi connectivity index (χ0v) is 20.4. The number of nitrogens with two attached hydrogens (primary N) is 1. The minimum absolute atomic E-state index is 0.0946. The molecule has 0 bridgehead atoms. The van der Waals surface area contributed by atoms with Gasteiger partial charge >= 0.3 is 0 Å². The lowest BCUT2D eigenvalue weighted by molar-refractivity contribution is 0.0998. The van der Waals surface area contributed by atoms with Gasteiger partial charge in [-0.15, -0.1) is 0 Å². The van der Waals surface area contributed by atoms with E-state index >= 15 is 0 Å². The van der Waals surface area contributed by atoms with Gasteiger partial charge in [0, 0.05) is 36.2 Å². The van der Waals surface area contributed by atoms with Gasteiger partial charge in [0.25, 0.3) is 0 Å². The van der Waals surface area contributed by atoms with Crippen molar-refractivity contribution in [2.75, 3.05) is 20.2 Å². The van der Waals surface area contributed by atoms with Gasteiger partial charge in [-0.2, -0.15) is 5.10 Å². The topological polar surface area (TPSA) is 86.3 Å². The van der Waals surface area contributed by atoms with Gasteiger partial charge in [-0.25, -0.2) is 4.98 Å². The molecule has 35 heavy (non-hydrogen) atoms. The fourth-order valence-electron chi connectivity index (χ4n) is 5.01. The third-order valence-electron chi connectivity index (χ3n) is 7.06. The number of pyridine rings is 1. The largest absolute Gasteiger partial charge is 0.492 e. The van der Waals surface area contributed by atoms with Crippen molar-refractivity contribution in [3.8, 4) is 17.1 Å². The number of likely N-dealkylation sites (tertiary alicyclic amines) is 1. The highest BCUT2D eigenvalue weighted by atomic mass is 16.5. The molecule has 0 aliphatic carbocycles. The van der Waals surface area contributed by atoms with E-state index in [1.54, 1.807) is 10.7 Å². The molecule has 3 heterocycles. The maximum Gasteiger partial charge on any atom is 0.249 e. The minimum atomic E-state index is -0.460. The molecule has 7 heteroatoms. The van der Waals surface area contributed by atoms with Gasteiger partial charge in [0.1, 0.15) is 18.1 Å². The molecule has 1 fully saturated rings. The van der Waals surface area contributed by atoms with Crippen LogP contribution in [0.1, 0.15) is 47.2 Å². The molecule has 2 aromatic carbocycles. The molecule has 1 saturated heterocycles. The van der Waals surface area contributed by atoms with Crippen molar-refractivity contribution in [1.82, 2.24) is 19.7 Å². The number of nitrogens with zero attached hydrogens (tertiary/aromatic N) is 4. The molecule has 180 valence electrons. The van der Waals surface area contributed by atoms with Crippen LogP contribution in [0, 0.1) is 0 Å². The molecule has 0 unspecified atom stereocenters. The molecular weight excluding hydrogens is 438 g/mol. The quantitative estimate of drug-likeness (QED) is 0.435. The van der Waals surface area contributed by atoms with Crippen LogP contribution in [0.25, 0.3) is 22.3 Å². The second-order valence-electron chi connectivity index (χ2n) is 9.41. The van der Waals surface area contributed by atoms with Gasteiger partial charge in [0.15, 0.2) is 0 Å². The third-order valence-corrected chi connectivity index (χ3v) is 7.06. The van der Waals surface area contributed by atoms with Crippen molar-refractivity contribution in [1.29, 1.82) is 0 Å². The number of hydrogen-bond acceptors (Lipinski definition) is 5. The number of aryl methyl sites for hydroxylation is 1. The van der Waals surface area contributed by atoms with Crippen molar-refractivity contribution in [2.45, 2.75) is 31.7 Å². The Morgan fingerprint density at radius 3 is 2.66 bits per heavy atom. The Morgan fingerprint density at radius 2 is 1.94 bits per heavy atom. The van der Waals surface area contributed by atoms with Crippen LogP contribution in [-0.4, -0.2) is 51.8 Å². The summed E-state index contributed by atoms with van der Waals surface area (Å²) < 4.78 is 7.84. The lowest BCUT2D eigenvalue weighted by atomic mass is 9.87. The van der Waals surface area contributed by atoms with Crippen LogP contribution in [0.2, 0.25) is 0 Å². The Hall–Kier alpha value is -3.71. The summed E-state index contributed by atoms with van der Waals surface area (Å²) in [5.41, 5.74) is 10.8. The molecule has 1 aliphatic rings. The van der Waals surface area contributed by atoms with E-state index in [2.05, 4.69) is 36.1 Å². The number of para-hydroxylation sites is 1. The zero-order valence-electron chi connectivity index (χ0n) is 20.4. The number of amides is 1. The lowest BCUT2D eigenvalue weighted by Crippen LogP contribution is -2.30. The highest BCUT2D eigenvalue weighted by molar-refractivity contribution is 5.95. The first-order chi connectivity index (χ1) is 16.9. The molecule has 1 amide bonds. The lowest BCUT2D eigenvalue weighted by Gasteiger charge is -2.21. The molecular formula is C28H31N5O2. The smallest absolute Gasteiger partial charge is 0.249 e. The van der Waals surface area contributed by atoms with Crippen molar-refractivity contribution >= 4 is 16.8 Å². The molecule has 2 aromatic heterocycles. The molecule has 5 rings (SSSR count). The first kappa shape index (κ1) is 23.1. The summed E-state index contributed by atoms with van der Waals surface area (Å²) in [4.78, 5) is 19.7. The van der Waals surface area contributed by atoms with Gasteiger partial charge in [-0.05, 0) is 67.9 Å². The predicted molar refractivity (Wildman–Crippen MR) is 138 cm³/mol. The summed E-state index contributed by atoms with van der Waals surface area (Å²) in [6.45, 7) is 3.79. The van der Waals surface area contributed by atoms with E-state index in [1.807, 2.05) is 49.6 Å².